The van der Waals surface area contributed by atoms with Crippen molar-refractivity contribution in [3.63, 3.8) is 0 Å². The van der Waals surface area contributed by atoms with Gasteiger partial charge in [0, 0.05) is 16.6 Å². The maximum absolute atomic E-state index is 13.6. The fourth-order valence-corrected chi connectivity index (χ4v) is 2.61. The first kappa shape index (κ1) is 17.6. The van der Waals surface area contributed by atoms with Gasteiger partial charge in [-0.1, -0.05) is 73.9 Å². The van der Waals surface area contributed by atoms with Crippen LogP contribution in [0.4, 0.5) is 4.39 Å². The van der Waals surface area contributed by atoms with Crippen molar-refractivity contribution in [3.05, 3.63) is 34.1 Å². The lowest BCUT2D eigenvalue weighted by atomic mass is 10.1. The summed E-state index contributed by atoms with van der Waals surface area (Å²) in [5, 5.41) is 3.32. The number of hydrogen-bond donors (Lipinski definition) is 1. The fraction of sp³-hybridized carbons (Fsp3) is 0.647. The molecule has 0 fully saturated rings. The number of halogens is 2. The predicted molar refractivity (Wildman–Crippen MR) is 88.4 cm³/mol. The molecule has 1 aromatic carbocycles. The van der Waals surface area contributed by atoms with Gasteiger partial charge in [0.05, 0.1) is 0 Å². The lowest BCUT2D eigenvalue weighted by Gasteiger charge is -2.06. The zero-order valence-corrected chi connectivity index (χ0v) is 14.1. The molecule has 0 atom stereocenters. The third-order valence-corrected chi connectivity index (χ3v) is 4.03. The van der Waals surface area contributed by atoms with Crippen molar-refractivity contribution in [1.29, 1.82) is 0 Å². The Balaban J connectivity index is 1.97. The first-order valence-corrected chi connectivity index (χ1v) is 8.68. The van der Waals surface area contributed by atoms with Crippen molar-refractivity contribution in [3.8, 4) is 0 Å². The number of benzene rings is 1. The van der Waals surface area contributed by atoms with Crippen LogP contribution in [-0.2, 0) is 6.54 Å². The van der Waals surface area contributed by atoms with Crippen LogP contribution in [0, 0.1) is 5.82 Å². The van der Waals surface area contributed by atoms with E-state index in [0.29, 0.717) is 6.54 Å². The van der Waals surface area contributed by atoms with Crippen molar-refractivity contribution >= 4 is 15.9 Å². The van der Waals surface area contributed by atoms with Gasteiger partial charge < -0.3 is 5.32 Å². The Morgan fingerprint density at radius 1 is 1.00 bits per heavy atom. The van der Waals surface area contributed by atoms with Crippen molar-refractivity contribution in [2.75, 3.05) is 6.54 Å². The Bertz CT molecular complexity index is 368. The molecule has 3 heteroatoms. The van der Waals surface area contributed by atoms with Crippen molar-refractivity contribution in [2.24, 2.45) is 0 Å². The van der Waals surface area contributed by atoms with E-state index in [1.165, 1.54) is 57.4 Å². The molecule has 0 bridgehead atoms. The van der Waals surface area contributed by atoms with Crippen molar-refractivity contribution in [2.45, 2.75) is 64.8 Å². The SMILES string of the molecule is CCCCCCCCCCNCc1ccc(Br)cc1F. The van der Waals surface area contributed by atoms with Crippen LogP contribution in [0.5, 0.6) is 0 Å². The molecule has 114 valence electrons. The normalized spacial score (nSPS) is 10.9. The molecular formula is C17H27BrFN. The molecule has 0 saturated heterocycles. The second-order valence-corrected chi connectivity index (χ2v) is 6.30. The summed E-state index contributed by atoms with van der Waals surface area (Å²) in [4.78, 5) is 0. The molecule has 0 amide bonds. The standard InChI is InChI=1S/C17H27BrFN/c1-2-3-4-5-6-7-8-9-12-20-14-15-10-11-16(18)13-17(15)19/h10-11,13,20H,2-9,12,14H2,1H3. The van der Waals surface area contributed by atoms with Gasteiger partial charge in [0.15, 0.2) is 0 Å². The highest BCUT2D eigenvalue weighted by Gasteiger charge is 2.01. The summed E-state index contributed by atoms with van der Waals surface area (Å²) < 4.78 is 14.4. The summed E-state index contributed by atoms with van der Waals surface area (Å²) >= 11 is 3.27. The Labute approximate surface area is 131 Å². The van der Waals surface area contributed by atoms with Gasteiger partial charge in [0.1, 0.15) is 5.82 Å². The van der Waals surface area contributed by atoms with Gasteiger partial charge >= 0.3 is 0 Å². The van der Waals surface area contributed by atoms with Crippen LogP contribution in [0.15, 0.2) is 22.7 Å². The lowest BCUT2D eigenvalue weighted by molar-refractivity contribution is 0.546. The molecule has 0 aliphatic rings. The first-order chi connectivity index (χ1) is 9.74. The van der Waals surface area contributed by atoms with E-state index in [-0.39, 0.29) is 5.82 Å². The molecule has 20 heavy (non-hydrogen) atoms. The second kappa shape index (κ2) is 11.3. The first-order valence-electron chi connectivity index (χ1n) is 7.88. The molecule has 0 saturated carbocycles. The molecule has 0 aliphatic heterocycles. The number of nitrogens with one attached hydrogen (secondary N) is 1. The van der Waals surface area contributed by atoms with Crippen LogP contribution >= 0.6 is 15.9 Å². The maximum atomic E-state index is 13.6. The summed E-state index contributed by atoms with van der Waals surface area (Å²) in [6, 6.07) is 5.24. The summed E-state index contributed by atoms with van der Waals surface area (Å²) in [6.07, 6.45) is 10.6. The van der Waals surface area contributed by atoms with E-state index in [1.807, 2.05) is 12.1 Å². The summed E-state index contributed by atoms with van der Waals surface area (Å²) in [6.45, 7) is 3.85. The number of hydrogen-bond acceptors (Lipinski definition) is 1. The van der Waals surface area contributed by atoms with Crippen LogP contribution in [0.25, 0.3) is 0 Å². The highest BCUT2D eigenvalue weighted by Crippen LogP contribution is 2.15. The molecule has 0 unspecified atom stereocenters. The molecule has 0 aromatic heterocycles. The van der Waals surface area contributed by atoms with Crippen molar-refractivity contribution in [1.82, 2.24) is 5.32 Å². The quantitative estimate of drug-likeness (QED) is 0.499. The maximum Gasteiger partial charge on any atom is 0.128 e. The topological polar surface area (TPSA) is 12.0 Å². The molecule has 1 nitrogen and oxygen atoms in total. The van der Waals surface area contributed by atoms with E-state index in [0.717, 1.165) is 16.6 Å². The van der Waals surface area contributed by atoms with Gasteiger partial charge in [-0.3, -0.25) is 0 Å². The zero-order valence-electron chi connectivity index (χ0n) is 12.6. The molecule has 0 radical (unpaired) electrons. The average molecular weight is 344 g/mol. The predicted octanol–water partition coefficient (Wildman–Crippen LogP) is 5.82. The molecule has 1 aromatic rings. The third-order valence-electron chi connectivity index (χ3n) is 3.54. The Hall–Kier alpha value is -0.410. The Morgan fingerprint density at radius 3 is 2.30 bits per heavy atom. The minimum atomic E-state index is -0.136. The monoisotopic (exact) mass is 343 g/mol. The largest absolute Gasteiger partial charge is 0.313 e. The minimum Gasteiger partial charge on any atom is -0.313 e. The smallest absolute Gasteiger partial charge is 0.128 e. The molecule has 1 rings (SSSR count). The zero-order chi connectivity index (χ0) is 14.6. The van der Waals surface area contributed by atoms with Crippen LogP contribution in [-0.4, -0.2) is 6.54 Å². The second-order valence-electron chi connectivity index (χ2n) is 5.39. The van der Waals surface area contributed by atoms with Gasteiger partial charge in [-0.25, -0.2) is 4.39 Å². The third kappa shape index (κ3) is 8.01. The fourth-order valence-electron chi connectivity index (χ4n) is 2.27. The number of unbranched alkanes of at least 4 members (excludes halogenated alkanes) is 7. The lowest BCUT2D eigenvalue weighted by Crippen LogP contribution is -2.15. The van der Waals surface area contributed by atoms with Crippen LogP contribution in [0.2, 0.25) is 0 Å². The molecule has 1 N–H and O–H groups in total. The van der Waals surface area contributed by atoms with Gasteiger partial charge in [0.2, 0.25) is 0 Å². The number of rotatable bonds is 11. The van der Waals surface area contributed by atoms with Gasteiger partial charge in [-0.15, -0.1) is 0 Å². The molecule has 0 spiro atoms. The van der Waals surface area contributed by atoms with Crippen molar-refractivity contribution < 1.29 is 4.39 Å². The van der Waals surface area contributed by atoms with E-state index in [4.69, 9.17) is 0 Å². The Morgan fingerprint density at radius 2 is 1.65 bits per heavy atom. The highest BCUT2D eigenvalue weighted by atomic mass is 79.9. The van der Waals surface area contributed by atoms with Gasteiger partial charge in [-0.2, -0.15) is 0 Å². The Kier molecular flexibility index (Phi) is 9.94. The summed E-state index contributed by atoms with van der Waals surface area (Å²) in [5.74, 6) is -0.136. The molecule has 0 heterocycles. The van der Waals surface area contributed by atoms with E-state index >= 15 is 0 Å². The van der Waals surface area contributed by atoms with E-state index in [2.05, 4.69) is 28.2 Å². The van der Waals surface area contributed by atoms with E-state index < -0.39 is 0 Å². The average Bonchev–Trinajstić information content (AvgIpc) is 2.43. The summed E-state index contributed by atoms with van der Waals surface area (Å²) in [7, 11) is 0. The van der Waals surface area contributed by atoms with Gasteiger partial charge in [0.25, 0.3) is 0 Å². The minimum absolute atomic E-state index is 0.136. The van der Waals surface area contributed by atoms with Crippen LogP contribution < -0.4 is 5.32 Å². The molecule has 0 aliphatic carbocycles. The molecular weight excluding hydrogens is 317 g/mol. The van der Waals surface area contributed by atoms with E-state index in [9.17, 15) is 4.39 Å². The van der Waals surface area contributed by atoms with Gasteiger partial charge in [-0.05, 0) is 25.1 Å². The highest BCUT2D eigenvalue weighted by molar-refractivity contribution is 9.10. The summed E-state index contributed by atoms with van der Waals surface area (Å²) in [5.41, 5.74) is 0.743. The van der Waals surface area contributed by atoms with Crippen LogP contribution in [0.1, 0.15) is 63.9 Å². The van der Waals surface area contributed by atoms with Crippen LogP contribution in [0.3, 0.4) is 0 Å². The van der Waals surface area contributed by atoms with E-state index in [1.54, 1.807) is 0 Å².